The summed E-state index contributed by atoms with van der Waals surface area (Å²) < 4.78 is 5.16. The lowest BCUT2D eigenvalue weighted by Crippen LogP contribution is -2.31. The topological polar surface area (TPSA) is 49.6 Å². The van der Waals surface area contributed by atoms with Crippen LogP contribution in [0, 0.1) is 0 Å². The van der Waals surface area contributed by atoms with Crippen LogP contribution in [0.15, 0.2) is 45.4 Å². The van der Waals surface area contributed by atoms with Crippen molar-refractivity contribution in [2.24, 2.45) is 5.10 Å². The van der Waals surface area contributed by atoms with Crippen LogP contribution in [0.4, 0.5) is 0 Å². The maximum absolute atomic E-state index is 5.16. The molecule has 0 radical (unpaired) electrons. The van der Waals surface area contributed by atoms with Gasteiger partial charge in [0.2, 0.25) is 0 Å². The summed E-state index contributed by atoms with van der Waals surface area (Å²) in [4.78, 5) is 1.08. The Hall–Kier alpha value is -1.66. The highest BCUT2D eigenvalue weighted by atomic mass is 32.1. The second-order valence-electron chi connectivity index (χ2n) is 3.15. The number of thiocarbonyl (C=S) groups is 1. The Morgan fingerprint density at radius 1 is 1.47 bits per heavy atom. The van der Waals surface area contributed by atoms with Crippen molar-refractivity contribution in [3.63, 3.8) is 0 Å². The van der Waals surface area contributed by atoms with Crippen molar-refractivity contribution in [1.82, 2.24) is 10.7 Å². The van der Waals surface area contributed by atoms with Crippen molar-refractivity contribution >= 4 is 34.9 Å². The molecule has 0 aliphatic heterocycles. The molecule has 0 unspecified atom stereocenters. The lowest BCUT2D eigenvalue weighted by Gasteiger charge is -2.04. The molecule has 0 saturated heterocycles. The van der Waals surface area contributed by atoms with E-state index >= 15 is 0 Å². The molecule has 6 heteroatoms. The summed E-state index contributed by atoms with van der Waals surface area (Å²) in [5.41, 5.74) is 2.74. The molecule has 88 valence electrons. The van der Waals surface area contributed by atoms with E-state index in [4.69, 9.17) is 16.6 Å². The summed E-state index contributed by atoms with van der Waals surface area (Å²) >= 11 is 6.67. The van der Waals surface area contributed by atoms with Crippen LogP contribution in [0.3, 0.4) is 0 Å². The minimum Gasteiger partial charge on any atom is -0.467 e. The molecule has 0 aliphatic rings. The van der Waals surface area contributed by atoms with E-state index < -0.39 is 0 Å². The number of hydrazone groups is 1. The number of thiophene rings is 1. The van der Waals surface area contributed by atoms with Crippen molar-refractivity contribution in [2.45, 2.75) is 6.54 Å². The molecular formula is C11H11N3OS2. The fraction of sp³-hybridized carbons (Fsp3) is 0.0909. The van der Waals surface area contributed by atoms with Crippen LogP contribution in [0.2, 0.25) is 0 Å². The second kappa shape index (κ2) is 6.17. The summed E-state index contributed by atoms with van der Waals surface area (Å²) in [6, 6.07) is 7.67. The number of nitrogens with zero attached hydrogens (tertiary/aromatic N) is 1. The summed E-state index contributed by atoms with van der Waals surface area (Å²) in [5, 5.41) is 9.46. The Kier molecular flexibility index (Phi) is 4.29. The number of hydrogen-bond acceptors (Lipinski definition) is 4. The monoisotopic (exact) mass is 265 g/mol. The molecule has 0 aromatic carbocycles. The maximum Gasteiger partial charge on any atom is 0.187 e. The van der Waals surface area contributed by atoms with Gasteiger partial charge in [-0.1, -0.05) is 6.07 Å². The van der Waals surface area contributed by atoms with Gasteiger partial charge < -0.3 is 9.73 Å². The van der Waals surface area contributed by atoms with Gasteiger partial charge in [-0.05, 0) is 35.8 Å². The highest BCUT2D eigenvalue weighted by molar-refractivity contribution is 7.80. The van der Waals surface area contributed by atoms with Crippen LogP contribution >= 0.6 is 23.6 Å². The lowest BCUT2D eigenvalue weighted by molar-refractivity contribution is 0.502. The third-order valence-electron chi connectivity index (χ3n) is 1.90. The first-order valence-corrected chi connectivity index (χ1v) is 6.26. The summed E-state index contributed by atoms with van der Waals surface area (Å²) in [6.07, 6.45) is 3.36. The maximum atomic E-state index is 5.16. The van der Waals surface area contributed by atoms with E-state index in [9.17, 15) is 0 Å². The first-order chi connectivity index (χ1) is 8.34. The van der Waals surface area contributed by atoms with Gasteiger partial charge >= 0.3 is 0 Å². The van der Waals surface area contributed by atoms with Crippen molar-refractivity contribution < 1.29 is 4.42 Å². The van der Waals surface area contributed by atoms with E-state index in [-0.39, 0.29) is 0 Å². The quantitative estimate of drug-likeness (QED) is 0.506. The van der Waals surface area contributed by atoms with Gasteiger partial charge in [0, 0.05) is 4.88 Å². The van der Waals surface area contributed by atoms with Gasteiger partial charge in [0.25, 0.3) is 0 Å². The van der Waals surface area contributed by atoms with Gasteiger partial charge in [-0.15, -0.1) is 11.3 Å². The van der Waals surface area contributed by atoms with E-state index in [0.717, 1.165) is 10.6 Å². The molecule has 0 amide bonds. The van der Waals surface area contributed by atoms with Crippen LogP contribution < -0.4 is 10.7 Å². The molecule has 0 bridgehead atoms. The Balaban J connectivity index is 1.71. The zero-order valence-corrected chi connectivity index (χ0v) is 10.6. The van der Waals surface area contributed by atoms with Crippen LogP contribution in [0.25, 0.3) is 0 Å². The molecule has 4 nitrogen and oxygen atoms in total. The van der Waals surface area contributed by atoms with Crippen LogP contribution in [0.5, 0.6) is 0 Å². The third-order valence-corrected chi connectivity index (χ3v) is 2.95. The smallest absolute Gasteiger partial charge is 0.187 e. The predicted molar refractivity (Wildman–Crippen MR) is 73.2 cm³/mol. The Labute approximate surface area is 108 Å². The van der Waals surface area contributed by atoms with Gasteiger partial charge in [-0.2, -0.15) is 5.10 Å². The predicted octanol–water partition coefficient (Wildman–Crippen LogP) is 2.34. The Bertz CT molecular complexity index is 477. The van der Waals surface area contributed by atoms with Crippen molar-refractivity contribution in [1.29, 1.82) is 0 Å². The van der Waals surface area contributed by atoms with Crippen LogP contribution in [-0.4, -0.2) is 11.3 Å². The van der Waals surface area contributed by atoms with Crippen molar-refractivity contribution in [2.75, 3.05) is 0 Å². The molecule has 2 heterocycles. The summed E-state index contributed by atoms with van der Waals surface area (Å²) in [6.45, 7) is 0.549. The summed E-state index contributed by atoms with van der Waals surface area (Å²) in [5.74, 6) is 0.830. The number of hydrogen-bond donors (Lipinski definition) is 2. The molecule has 2 aromatic rings. The van der Waals surface area contributed by atoms with E-state index in [2.05, 4.69) is 15.8 Å². The standard InChI is InChI=1S/C11H11N3OS2/c16-11(12-7-9-3-1-5-15-9)14-13-8-10-4-2-6-17-10/h1-6,8H,7H2,(H2,12,14,16). The average molecular weight is 265 g/mol. The zero-order valence-electron chi connectivity index (χ0n) is 8.92. The average Bonchev–Trinajstić information content (AvgIpc) is 2.99. The van der Waals surface area contributed by atoms with E-state index in [1.165, 1.54) is 0 Å². The highest BCUT2D eigenvalue weighted by Crippen LogP contribution is 2.04. The second-order valence-corrected chi connectivity index (χ2v) is 4.53. The zero-order chi connectivity index (χ0) is 11.9. The van der Waals surface area contributed by atoms with E-state index in [1.54, 1.807) is 23.8 Å². The fourth-order valence-corrected chi connectivity index (χ4v) is 1.85. The van der Waals surface area contributed by atoms with Gasteiger partial charge in [0.1, 0.15) is 5.76 Å². The first-order valence-electron chi connectivity index (χ1n) is 4.97. The van der Waals surface area contributed by atoms with E-state index in [0.29, 0.717) is 11.7 Å². The van der Waals surface area contributed by atoms with Crippen molar-refractivity contribution in [3.05, 3.63) is 46.5 Å². The lowest BCUT2D eigenvalue weighted by atomic mass is 10.4. The fourth-order valence-electron chi connectivity index (χ4n) is 1.14. The SMILES string of the molecule is S=C(NCc1ccco1)NN=Cc1cccs1. The third kappa shape index (κ3) is 4.01. The molecule has 0 fully saturated rings. The largest absolute Gasteiger partial charge is 0.467 e. The first kappa shape index (κ1) is 11.8. The molecule has 0 saturated carbocycles. The Morgan fingerprint density at radius 2 is 2.41 bits per heavy atom. The molecule has 2 N–H and O–H groups in total. The van der Waals surface area contributed by atoms with Crippen molar-refractivity contribution in [3.8, 4) is 0 Å². The molecule has 0 spiro atoms. The number of furan rings is 1. The molecular weight excluding hydrogens is 254 g/mol. The number of nitrogens with one attached hydrogen (secondary N) is 2. The van der Waals surface area contributed by atoms with Crippen LogP contribution in [0.1, 0.15) is 10.6 Å². The molecule has 0 atom stereocenters. The molecule has 17 heavy (non-hydrogen) atoms. The molecule has 2 aromatic heterocycles. The van der Waals surface area contributed by atoms with Gasteiger partial charge in [0.05, 0.1) is 19.0 Å². The van der Waals surface area contributed by atoms with E-state index in [1.807, 2.05) is 29.6 Å². The number of rotatable bonds is 4. The minimum absolute atomic E-state index is 0.467. The molecule has 2 rings (SSSR count). The molecule has 0 aliphatic carbocycles. The minimum atomic E-state index is 0.467. The normalized spacial score (nSPS) is 10.6. The van der Waals surface area contributed by atoms with Gasteiger partial charge in [0.15, 0.2) is 5.11 Å². The van der Waals surface area contributed by atoms with Gasteiger partial charge in [-0.3, -0.25) is 5.43 Å². The highest BCUT2D eigenvalue weighted by Gasteiger charge is 1.96. The van der Waals surface area contributed by atoms with Crippen LogP contribution in [-0.2, 0) is 6.54 Å². The van der Waals surface area contributed by atoms with Gasteiger partial charge in [-0.25, -0.2) is 0 Å². The summed E-state index contributed by atoms with van der Waals surface area (Å²) in [7, 11) is 0. The Morgan fingerprint density at radius 3 is 3.12 bits per heavy atom.